The summed E-state index contributed by atoms with van der Waals surface area (Å²) in [7, 11) is 1.62. The van der Waals surface area contributed by atoms with E-state index < -0.39 is 0 Å². The maximum Gasteiger partial charge on any atom is 0.243 e. The molecule has 23 heavy (non-hydrogen) atoms. The summed E-state index contributed by atoms with van der Waals surface area (Å²) in [6, 6.07) is 13.9. The number of carbonyl (C=O) groups is 1. The molecule has 2 aromatic carbocycles. The second kappa shape index (κ2) is 6.73. The number of benzene rings is 2. The Balaban J connectivity index is 1.69. The zero-order valence-corrected chi connectivity index (χ0v) is 13.6. The number of hydrogen-bond acceptors (Lipinski definition) is 3. The molecule has 0 atom stereocenters. The van der Waals surface area contributed by atoms with Gasteiger partial charge in [0.2, 0.25) is 5.91 Å². The lowest BCUT2D eigenvalue weighted by atomic mass is 9.99. The minimum absolute atomic E-state index is 0.00771. The van der Waals surface area contributed by atoms with Gasteiger partial charge in [-0.1, -0.05) is 23.8 Å². The van der Waals surface area contributed by atoms with Gasteiger partial charge < -0.3 is 15.0 Å². The minimum Gasteiger partial charge on any atom is -0.497 e. The Labute approximate surface area is 137 Å². The third kappa shape index (κ3) is 3.65. The SMILES string of the molecule is COc1cccc(NC(=O)CN2CCCc3cc(C)ccc32)c1. The number of anilines is 2. The van der Waals surface area contributed by atoms with Crippen LogP contribution < -0.4 is 15.0 Å². The topological polar surface area (TPSA) is 41.6 Å². The fraction of sp³-hybridized carbons (Fsp3) is 0.316. The van der Waals surface area contributed by atoms with Crippen molar-refractivity contribution in [1.29, 1.82) is 0 Å². The van der Waals surface area contributed by atoms with Crippen LogP contribution >= 0.6 is 0 Å². The van der Waals surface area contributed by atoms with Crippen molar-refractivity contribution in [3.63, 3.8) is 0 Å². The van der Waals surface area contributed by atoms with Gasteiger partial charge in [-0.25, -0.2) is 0 Å². The van der Waals surface area contributed by atoms with Crippen molar-refractivity contribution in [2.45, 2.75) is 19.8 Å². The first-order valence-electron chi connectivity index (χ1n) is 7.94. The number of rotatable bonds is 4. The van der Waals surface area contributed by atoms with Crippen LogP contribution in [0.1, 0.15) is 17.5 Å². The fourth-order valence-corrected chi connectivity index (χ4v) is 3.04. The number of aryl methyl sites for hydroxylation is 2. The Hall–Kier alpha value is -2.49. The van der Waals surface area contributed by atoms with Gasteiger partial charge in [-0.3, -0.25) is 4.79 Å². The van der Waals surface area contributed by atoms with Crippen LogP contribution in [0.25, 0.3) is 0 Å². The van der Waals surface area contributed by atoms with E-state index in [9.17, 15) is 4.79 Å². The summed E-state index contributed by atoms with van der Waals surface area (Å²) >= 11 is 0. The molecule has 3 rings (SSSR count). The highest BCUT2D eigenvalue weighted by molar-refractivity contribution is 5.94. The molecule has 1 N–H and O–H groups in total. The number of nitrogens with zero attached hydrogens (tertiary/aromatic N) is 1. The molecule has 0 aliphatic carbocycles. The molecule has 0 aromatic heterocycles. The second-order valence-corrected chi connectivity index (χ2v) is 5.94. The molecule has 1 amide bonds. The monoisotopic (exact) mass is 310 g/mol. The molecule has 0 unspecified atom stereocenters. The number of methoxy groups -OCH3 is 1. The normalized spacial score (nSPS) is 13.4. The zero-order valence-electron chi connectivity index (χ0n) is 13.6. The summed E-state index contributed by atoms with van der Waals surface area (Å²) in [6.45, 7) is 3.39. The van der Waals surface area contributed by atoms with Crippen LogP contribution in [0.3, 0.4) is 0 Å². The number of amides is 1. The molecule has 4 heteroatoms. The van der Waals surface area contributed by atoms with Gasteiger partial charge in [0.15, 0.2) is 0 Å². The van der Waals surface area contributed by atoms with E-state index in [2.05, 4.69) is 35.3 Å². The molecule has 2 aromatic rings. The van der Waals surface area contributed by atoms with Crippen molar-refractivity contribution in [2.75, 3.05) is 30.4 Å². The largest absolute Gasteiger partial charge is 0.497 e. The first-order valence-corrected chi connectivity index (χ1v) is 7.94. The average Bonchev–Trinajstić information content (AvgIpc) is 2.55. The Bertz CT molecular complexity index is 712. The molecule has 4 nitrogen and oxygen atoms in total. The maximum absolute atomic E-state index is 12.4. The molecule has 0 bridgehead atoms. The molecular weight excluding hydrogens is 288 g/mol. The van der Waals surface area contributed by atoms with E-state index in [-0.39, 0.29) is 5.91 Å². The van der Waals surface area contributed by atoms with Crippen LogP contribution in [0.5, 0.6) is 5.75 Å². The van der Waals surface area contributed by atoms with Gasteiger partial charge in [-0.2, -0.15) is 0 Å². The molecule has 1 aliphatic heterocycles. The predicted molar refractivity (Wildman–Crippen MR) is 93.3 cm³/mol. The lowest BCUT2D eigenvalue weighted by Gasteiger charge is -2.31. The maximum atomic E-state index is 12.4. The Morgan fingerprint density at radius 2 is 2.13 bits per heavy atom. The quantitative estimate of drug-likeness (QED) is 0.941. The summed E-state index contributed by atoms with van der Waals surface area (Å²) in [5, 5.41) is 2.95. The van der Waals surface area contributed by atoms with E-state index in [1.807, 2.05) is 24.3 Å². The molecular formula is C19H22N2O2. The zero-order chi connectivity index (χ0) is 16.2. The van der Waals surface area contributed by atoms with Crippen molar-refractivity contribution >= 4 is 17.3 Å². The van der Waals surface area contributed by atoms with Crippen LogP contribution in [0.2, 0.25) is 0 Å². The van der Waals surface area contributed by atoms with Gasteiger partial charge in [-0.15, -0.1) is 0 Å². The van der Waals surface area contributed by atoms with E-state index in [1.54, 1.807) is 7.11 Å². The minimum atomic E-state index is -0.00771. The molecule has 0 saturated heterocycles. The molecule has 120 valence electrons. The summed E-state index contributed by atoms with van der Waals surface area (Å²) in [6.07, 6.45) is 2.17. The van der Waals surface area contributed by atoms with Crippen LogP contribution in [0, 0.1) is 6.92 Å². The van der Waals surface area contributed by atoms with E-state index in [0.29, 0.717) is 6.54 Å². The van der Waals surface area contributed by atoms with E-state index in [4.69, 9.17) is 4.74 Å². The smallest absolute Gasteiger partial charge is 0.243 e. The number of hydrogen-bond donors (Lipinski definition) is 1. The molecule has 0 spiro atoms. The van der Waals surface area contributed by atoms with Crippen LogP contribution in [-0.2, 0) is 11.2 Å². The number of fused-ring (bicyclic) bond motifs is 1. The van der Waals surface area contributed by atoms with Crippen molar-refractivity contribution in [1.82, 2.24) is 0 Å². The first kappa shape index (κ1) is 15.4. The molecule has 0 saturated carbocycles. The summed E-state index contributed by atoms with van der Waals surface area (Å²) in [5.74, 6) is 0.730. The second-order valence-electron chi connectivity index (χ2n) is 5.94. The van der Waals surface area contributed by atoms with E-state index >= 15 is 0 Å². The van der Waals surface area contributed by atoms with Crippen molar-refractivity contribution in [3.05, 3.63) is 53.6 Å². The summed E-state index contributed by atoms with van der Waals surface area (Å²) < 4.78 is 5.18. The molecule has 0 radical (unpaired) electrons. The highest BCUT2D eigenvalue weighted by Gasteiger charge is 2.19. The van der Waals surface area contributed by atoms with Crippen LogP contribution in [-0.4, -0.2) is 26.1 Å². The third-order valence-corrected chi connectivity index (χ3v) is 4.14. The summed E-state index contributed by atoms with van der Waals surface area (Å²) in [4.78, 5) is 14.5. The van der Waals surface area contributed by atoms with Crippen molar-refractivity contribution in [3.8, 4) is 5.75 Å². The van der Waals surface area contributed by atoms with Crippen molar-refractivity contribution < 1.29 is 9.53 Å². The third-order valence-electron chi connectivity index (χ3n) is 4.14. The van der Waals surface area contributed by atoms with Crippen molar-refractivity contribution in [2.24, 2.45) is 0 Å². The molecule has 1 aliphatic rings. The predicted octanol–water partition coefficient (Wildman–Crippen LogP) is 3.39. The Morgan fingerprint density at radius 3 is 2.96 bits per heavy atom. The van der Waals surface area contributed by atoms with E-state index in [1.165, 1.54) is 16.8 Å². The van der Waals surface area contributed by atoms with Gasteiger partial charge in [0.1, 0.15) is 5.75 Å². The Kier molecular flexibility index (Phi) is 4.51. The highest BCUT2D eigenvalue weighted by Crippen LogP contribution is 2.27. The standard InChI is InChI=1S/C19H22N2O2/c1-14-8-9-18-15(11-14)5-4-10-21(18)13-19(22)20-16-6-3-7-17(12-16)23-2/h3,6-9,11-12H,4-5,10,13H2,1-2H3,(H,20,22). The molecule has 1 heterocycles. The number of nitrogens with one attached hydrogen (secondary N) is 1. The van der Waals surface area contributed by atoms with Gasteiger partial charge in [-0.05, 0) is 43.5 Å². The number of ether oxygens (including phenoxy) is 1. The number of carbonyl (C=O) groups excluding carboxylic acids is 1. The van der Waals surface area contributed by atoms with E-state index in [0.717, 1.165) is 30.8 Å². The highest BCUT2D eigenvalue weighted by atomic mass is 16.5. The van der Waals surface area contributed by atoms with Gasteiger partial charge in [0.05, 0.1) is 13.7 Å². The lowest BCUT2D eigenvalue weighted by Crippen LogP contribution is -2.36. The summed E-state index contributed by atoms with van der Waals surface area (Å²) in [5.41, 5.74) is 4.55. The lowest BCUT2D eigenvalue weighted by molar-refractivity contribution is -0.115. The van der Waals surface area contributed by atoms with Gasteiger partial charge >= 0.3 is 0 Å². The molecule has 0 fully saturated rings. The van der Waals surface area contributed by atoms with Gasteiger partial charge in [0.25, 0.3) is 0 Å². The van der Waals surface area contributed by atoms with Gasteiger partial charge in [0, 0.05) is 24.0 Å². The van der Waals surface area contributed by atoms with Crippen LogP contribution in [0.15, 0.2) is 42.5 Å². The fourth-order valence-electron chi connectivity index (χ4n) is 3.04. The van der Waals surface area contributed by atoms with Crippen LogP contribution in [0.4, 0.5) is 11.4 Å². The Morgan fingerprint density at radius 1 is 1.26 bits per heavy atom. The first-order chi connectivity index (χ1) is 11.2. The average molecular weight is 310 g/mol.